The van der Waals surface area contributed by atoms with Crippen molar-refractivity contribution in [1.82, 2.24) is 9.55 Å². The van der Waals surface area contributed by atoms with E-state index in [0.717, 1.165) is 48.6 Å². The summed E-state index contributed by atoms with van der Waals surface area (Å²) in [7, 11) is 0. The third-order valence-electron chi connectivity index (χ3n) is 4.59. The Balaban J connectivity index is 1.61. The van der Waals surface area contributed by atoms with Crippen LogP contribution in [0.2, 0.25) is 0 Å². The van der Waals surface area contributed by atoms with Crippen LogP contribution >= 0.6 is 0 Å². The highest BCUT2D eigenvalue weighted by Crippen LogP contribution is 2.29. The monoisotopic (exact) mass is 311 g/mol. The van der Waals surface area contributed by atoms with E-state index in [-0.39, 0.29) is 12.0 Å². The van der Waals surface area contributed by atoms with Crippen LogP contribution in [-0.4, -0.2) is 28.2 Å². The lowest BCUT2D eigenvalue weighted by Crippen LogP contribution is -2.27. The number of anilines is 1. The number of hydrogen-bond acceptors (Lipinski definition) is 3. The zero-order valence-electron chi connectivity index (χ0n) is 13.1. The largest absolute Gasteiger partial charge is 0.368 e. The van der Waals surface area contributed by atoms with E-state index < -0.39 is 0 Å². The molecule has 4 rings (SSSR count). The number of fused-ring (bicyclic) bond motifs is 1. The summed E-state index contributed by atoms with van der Waals surface area (Å²) in [6.07, 6.45) is 6.97. The third kappa shape index (κ3) is 2.88. The van der Waals surface area contributed by atoms with Crippen LogP contribution in [0.1, 0.15) is 31.5 Å². The molecule has 1 atom stereocenters. The lowest BCUT2D eigenvalue weighted by atomic mass is 10.1. The first-order valence-corrected chi connectivity index (χ1v) is 8.39. The fourth-order valence-corrected chi connectivity index (χ4v) is 3.36. The summed E-state index contributed by atoms with van der Waals surface area (Å²) in [5.41, 5.74) is 2.72. The summed E-state index contributed by atoms with van der Waals surface area (Å²) >= 11 is 0. The Kier molecular flexibility index (Phi) is 3.87. The van der Waals surface area contributed by atoms with Gasteiger partial charge in [0, 0.05) is 31.3 Å². The van der Waals surface area contributed by atoms with Gasteiger partial charge in [0.2, 0.25) is 0 Å². The third-order valence-corrected chi connectivity index (χ3v) is 4.59. The number of ether oxygens (including phenoxy) is 1. The van der Waals surface area contributed by atoms with Gasteiger partial charge in [-0.1, -0.05) is 18.2 Å². The standard InChI is InChI=1S/C18H21N3O2/c22-18(16-8-5-11-23-16)20-14-7-2-1-6-13(14)15-12-21-10-4-3-9-17(21)19-15/h1-2,6-7,12,16H,3-5,8-11H2,(H,20,22). The van der Waals surface area contributed by atoms with Crippen molar-refractivity contribution >= 4 is 11.6 Å². The van der Waals surface area contributed by atoms with E-state index in [4.69, 9.17) is 9.72 Å². The highest BCUT2D eigenvalue weighted by Gasteiger charge is 2.24. The molecule has 5 heteroatoms. The van der Waals surface area contributed by atoms with Gasteiger partial charge in [0.1, 0.15) is 11.9 Å². The quantitative estimate of drug-likeness (QED) is 0.948. The van der Waals surface area contributed by atoms with Crippen molar-refractivity contribution in [2.24, 2.45) is 0 Å². The molecule has 2 aliphatic rings. The number of nitrogens with one attached hydrogen (secondary N) is 1. The number of carbonyl (C=O) groups excluding carboxylic acids is 1. The molecule has 1 N–H and O–H groups in total. The number of nitrogens with zero attached hydrogens (tertiary/aromatic N) is 2. The molecule has 1 aromatic heterocycles. The first-order valence-electron chi connectivity index (χ1n) is 8.39. The fourth-order valence-electron chi connectivity index (χ4n) is 3.36. The van der Waals surface area contributed by atoms with Crippen LogP contribution in [0.25, 0.3) is 11.3 Å². The number of carbonyl (C=O) groups is 1. The SMILES string of the molecule is O=C(Nc1ccccc1-c1cn2c(n1)CCCC2)C1CCCO1. The van der Waals surface area contributed by atoms with E-state index in [9.17, 15) is 4.79 Å². The van der Waals surface area contributed by atoms with Gasteiger partial charge in [-0.2, -0.15) is 0 Å². The van der Waals surface area contributed by atoms with Gasteiger partial charge < -0.3 is 14.6 Å². The minimum Gasteiger partial charge on any atom is -0.368 e. The Morgan fingerprint density at radius 2 is 2.17 bits per heavy atom. The van der Waals surface area contributed by atoms with Gasteiger partial charge in [0.25, 0.3) is 5.91 Å². The van der Waals surface area contributed by atoms with Gasteiger partial charge in [0.05, 0.1) is 11.4 Å². The fraction of sp³-hybridized carbons (Fsp3) is 0.444. The average Bonchev–Trinajstić information content (AvgIpc) is 3.25. The molecule has 1 aromatic carbocycles. The summed E-state index contributed by atoms with van der Waals surface area (Å²) in [4.78, 5) is 17.1. The minimum absolute atomic E-state index is 0.0566. The highest BCUT2D eigenvalue weighted by atomic mass is 16.5. The van der Waals surface area contributed by atoms with Crippen molar-refractivity contribution in [3.05, 3.63) is 36.3 Å². The molecule has 1 saturated heterocycles. The highest BCUT2D eigenvalue weighted by molar-refractivity contribution is 5.97. The number of para-hydroxylation sites is 1. The Morgan fingerprint density at radius 1 is 1.26 bits per heavy atom. The topological polar surface area (TPSA) is 56.2 Å². The molecular weight excluding hydrogens is 290 g/mol. The minimum atomic E-state index is -0.321. The summed E-state index contributed by atoms with van der Waals surface area (Å²) in [6, 6.07) is 7.86. The Hall–Kier alpha value is -2.14. The van der Waals surface area contributed by atoms with E-state index in [1.54, 1.807) is 0 Å². The zero-order chi connectivity index (χ0) is 15.6. The van der Waals surface area contributed by atoms with Crippen LogP contribution in [0.15, 0.2) is 30.5 Å². The summed E-state index contributed by atoms with van der Waals surface area (Å²) in [5, 5.41) is 3.02. The Morgan fingerprint density at radius 3 is 3.00 bits per heavy atom. The maximum Gasteiger partial charge on any atom is 0.253 e. The van der Waals surface area contributed by atoms with Crippen molar-refractivity contribution < 1.29 is 9.53 Å². The van der Waals surface area contributed by atoms with Crippen molar-refractivity contribution in [3.8, 4) is 11.3 Å². The molecule has 1 unspecified atom stereocenters. The van der Waals surface area contributed by atoms with Gasteiger partial charge in [-0.25, -0.2) is 4.98 Å². The number of aromatic nitrogens is 2. The molecule has 0 saturated carbocycles. The first kappa shape index (κ1) is 14.5. The van der Waals surface area contributed by atoms with Crippen LogP contribution in [0.3, 0.4) is 0 Å². The van der Waals surface area contributed by atoms with Crippen LogP contribution in [-0.2, 0) is 22.5 Å². The molecule has 0 bridgehead atoms. The number of hydrogen-bond donors (Lipinski definition) is 1. The summed E-state index contributed by atoms with van der Waals surface area (Å²) < 4.78 is 7.70. The molecule has 120 valence electrons. The number of rotatable bonds is 3. The number of aryl methyl sites for hydroxylation is 2. The second-order valence-corrected chi connectivity index (χ2v) is 6.23. The van der Waals surface area contributed by atoms with Crippen molar-refractivity contribution in [2.75, 3.05) is 11.9 Å². The molecule has 0 spiro atoms. The molecule has 0 aliphatic carbocycles. The summed E-state index contributed by atoms with van der Waals surface area (Å²) in [6.45, 7) is 1.71. The Bertz CT molecular complexity index is 693. The molecule has 3 heterocycles. The molecule has 23 heavy (non-hydrogen) atoms. The van der Waals surface area contributed by atoms with Crippen LogP contribution in [0.5, 0.6) is 0 Å². The maximum absolute atomic E-state index is 12.3. The van der Waals surface area contributed by atoms with E-state index in [2.05, 4.69) is 16.1 Å². The normalized spacial score (nSPS) is 20.3. The molecule has 2 aliphatic heterocycles. The first-order chi connectivity index (χ1) is 11.3. The van der Waals surface area contributed by atoms with Crippen molar-refractivity contribution in [1.29, 1.82) is 0 Å². The number of imidazole rings is 1. The maximum atomic E-state index is 12.3. The Labute approximate surface area is 135 Å². The number of benzene rings is 1. The molecule has 1 amide bonds. The van der Waals surface area contributed by atoms with Crippen LogP contribution < -0.4 is 5.32 Å². The summed E-state index contributed by atoms with van der Waals surface area (Å²) in [5.74, 6) is 1.09. The van der Waals surface area contributed by atoms with E-state index in [0.29, 0.717) is 6.61 Å². The number of amides is 1. The predicted molar refractivity (Wildman–Crippen MR) is 88.2 cm³/mol. The van der Waals surface area contributed by atoms with Gasteiger partial charge in [-0.05, 0) is 31.7 Å². The zero-order valence-corrected chi connectivity index (χ0v) is 13.1. The van der Waals surface area contributed by atoms with Crippen molar-refractivity contribution in [3.63, 3.8) is 0 Å². The van der Waals surface area contributed by atoms with Gasteiger partial charge in [0.15, 0.2) is 0 Å². The molecule has 2 aromatic rings. The predicted octanol–water partition coefficient (Wildman–Crippen LogP) is 3.00. The van der Waals surface area contributed by atoms with Gasteiger partial charge in [-0.15, -0.1) is 0 Å². The average molecular weight is 311 g/mol. The van der Waals surface area contributed by atoms with Crippen molar-refractivity contribution in [2.45, 2.75) is 44.8 Å². The molecule has 1 fully saturated rings. The van der Waals surface area contributed by atoms with E-state index >= 15 is 0 Å². The van der Waals surface area contributed by atoms with Gasteiger partial charge in [-0.3, -0.25) is 4.79 Å². The van der Waals surface area contributed by atoms with E-state index in [1.807, 2.05) is 24.3 Å². The van der Waals surface area contributed by atoms with Gasteiger partial charge >= 0.3 is 0 Å². The lowest BCUT2D eigenvalue weighted by Gasteiger charge is -2.13. The molecule has 5 nitrogen and oxygen atoms in total. The smallest absolute Gasteiger partial charge is 0.253 e. The van der Waals surface area contributed by atoms with E-state index in [1.165, 1.54) is 12.8 Å². The molecule has 0 radical (unpaired) electrons. The molecular formula is C18H21N3O2. The lowest BCUT2D eigenvalue weighted by molar-refractivity contribution is -0.124. The van der Waals surface area contributed by atoms with Crippen LogP contribution in [0.4, 0.5) is 5.69 Å². The second kappa shape index (κ2) is 6.16. The second-order valence-electron chi connectivity index (χ2n) is 6.23. The van der Waals surface area contributed by atoms with Crippen LogP contribution in [0, 0.1) is 0 Å².